The average molecular weight is 228 g/mol. The van der Waals surface area contributed by atoms with Crippen LogP contribution in [0.15, 0.2) is 24.3 Å². The molecule has 0 radical (unpaired) electrons. The monoisotopic (exact) mass is 228 g/mol. The molecular weight excluding hydrogens is 215 g/mol. The molecular formula is C10H13FN2O3. The van der Waals surface area contributed by atoms with Gasteiger partial charge in [-0.1, -0.05) is 12.1 Å². The predicted molar refractivity (Wildman–Crippen MR) is 55.0 cm³/mol. The van der Waals surface area contributed by atoms with Crippen molar-refractivity contribution in [2.75, 3.05) is 13.7 Å². The highest BCUT2D eigenvalue weighted by Gasteiger charge is 2.20. The maximum atomic E-state index is 13.2. The van der Waals surface area contributed by atoms with Gasteiger partial charge in [-0.05, 0) is 12.1 Å². The minimum absolute atomic E-state index is 0.0165. The molecule has 3 N–H and O–H groups in total. The number of hydrazine groups is 1. The number of hydrogen-bond acceptors (Lipinski definition) is 4. The minimum Gasteiger partial charge on any atom is -0.475 e. The standard InChI is InChI=1S/C10H13FN2O3/c1-15-6-9(10(14)13-12)16-8-5-3-2-4-7(8)11/h2-5,9H,6,12H2,1H3,(H,13,14). The number of carbonyl (C=O) groups excluding carboxylic acids is 1. The molecule has 0 saturated heterocycles. The van der Waals surface area contributed by atoms with Gasteiger partial charge in [0.25, 0.3) is 5.91 Å². The minimum atomic E-state index is -0.980. The zero-order chi connectivity index (χ0) is 12.0. The Labute approximate surface area is 92.3 Å². The van der Waals surface area contributed by atoms with Gasteiger partial charge in [-0.3, -0.25) is 10.2 Å². The van der Waals surface area contributed by atoms with Crippen LogP contribution in [0.4, 0.5) is 4.39 Å². The van der Waals surface area contributed by atoms with Gasteiger partial charge in [-0.15, -0.1) is 0 Å². The molecule has 0 spiro atoms. The van der Waals surface area contributed by atoms with Crippen molar-refractivity contribution in [2.24, 2.45) is 5.84 Å². The largest absolute Gasteiger partial charge is 0.475 e. The van der Waals surface area contributed by atoms with Crippen molar-refractivity contribution >= 4 is 5.91 Å². The Morgan fingerprint density at radius 1 is 1.56 bits per heavy atom. The molecule has 1 aromatic rings. The molecule has 1 amide bonds. The number of carbonyl (C=O) groups is 1. The number of nitrogens with two attached hydrogens (primary N) is 1. The molecule has 0 saturated carbocycles. The normalized spacial score (nSPS) is 11.9. The van der Waals surface area contributed by atoms with E-state index >= 15 is 0 Å². The van der Waals surface area contributed by atoms with Crippen LogP contribution >= 0.6 is 0 Å². The number of hydrogen-bond donors (Lipinski definition) is 2. The van der Waals surface area contributed by atoms with Crippen molar-refractivity contribution in [1.82, 2.24) is 5.43 Å². The Morgan fingerprint density at radius 2 is 2.25 bits per heavy atom. The number of nitrogens with one attached hydrogen (secondary N) is 1. The number of benzene rings is 1. The topological polar surface area (TPSA) is 73.6 Å². The summed E-state index contributed by atoms with van der Waals surface area (Å²) in [6.07, 6.45) is -0.980. The number of amides is 1. The van der Waals surface area contributed by atoms with Gasteiger partial charge >= 0.3 is 0 Å². The predicted octanol–water partition coefficient (Wildman–Crippen LogP) is 0.209. The lowest BCUT2D eigenvalue weighted by Gasteiger charge is -2.16. The summed E-state index contributed by atoms with van der Waals surface area (Å²) in [7, 11) is 1.40. The lowest BCUT2D eigenvalue weighted by Crippen LogP contribution is -2.44. The first kappa shape index (κ1) is 12.4. The van der Waals surface area contributed by atoms with Crippen molar-refractivity contribution in [3.63, 3.8) is 0 Å². The van der Waals surface area contributed by atoms with E-state index < -0.39 is 17.8 Å². The van der Waals surface area contributed by atoms with Crippen LogP contribution in [0.3, 0.4) is 0 Å². The average Bonchev–Trinajstić information content (AvgIpc) is 2.30. The van der Waals surface area contributed by atoms with Crippen LogP contribution < -0.4 is 16.0 Å². The highest BCUT2D eigenvalue weighted by Crippen LogP contribution is 2.17. The van der Waals surface area contributed by atoms with Crippen molar-refractivity contribution < 1.29 is 18.7 Å². The molecule has 0 aliphatic carbocycles. The van der Waals surface area contributed by atoms with Crippen molar-refractivity contribution in [3.05, 3.63) is 30.1 Å². The first-order chi connectivity index (χ1) is 7.69. The first-order valence-electron chi connectivity index (χ1n) is 4.59. The Hall–Kier alpha value is -1.66. The smallest absolute Gasteiger partial charge is 0.277 e. The van der Waals surface area contributed by atoms with E-state index in [4.69, 9.17) is 15.3 Å². The van der Waals surface area contributed by atoms with Gasteiger partial charge in [-0.25, -0.2) is 10.2 Å². The molecule has 0 aliphatic heterocycles. The van der Waals surface area contributed by atoms with Crippen molar-refractivity contribution in [3.8, 4) is 5.75 Å². The van der Waals surface area contributed by atoms with E-state index in [1.54, 1.807) is 6.07 Å². The molecule has 1 rings (SSSR count). The van der Waals surface area contributed by atoms with Crippen LogP contribution in [0, 0.1) is 5.82 Å². The summed E-state index contributed by atoms with van der Waals surface area (Å²) >= 11 is 0. The Kier molecular flexibility index (Phi) is 4.68. The zero-order valence-corrected chi connectivity index (χ0v) is 8.77. The molecule has 0 heterocycles. The second kappa shape index (κ2) is 6.04. The number of halogens is 1. The summed E-state index contributed by atoms with van der Waals surface area (Å²) in [5.74, 6) is 3.82. The zero-order valence-electron chi connectivity index (χ0n) is 8.77. The van der Waals surface area contributed by atoms with Crippen LogP contribution in [-0.2, 0) is 9.53 Å². The summed E-state index contributed by atoms with van der Waals surface area (Å²) in [5, 5.41) is 0. The molecule has 88 valence electrons. The maximum absolute atomic E-state index is 13.2. The molecule has 0 aliphatic rings. The quantitative estimate of drug-likeness (QED) is 0.429. The van der Waals surface area contributed by atoms with E-state index in [0.29, 0.717) is 0 Å². The van der Waals surface area contributed by atoms with Crippen LogP contribution in [0.25, 0.3) is 0 Å². The van der Waals surface area contributed by atoms with Gasteiger partial charge < -0.3 is 9.47 Å². The number of para-hydroxylation sites is 1. The fraction of sp³-hybridized carbons (Fsp3) is 0.300. The molecule has 1 aromatic carbocycles. The summed E-state index contributed by atoms with van der Waals surface area (Å²) in [6, 6.07) is 5.78. The van der Waals surface area contributed by atoms with Crippen LogP contribution in [0.2, 0.25) is 0 Å². The SMILES string of the molecule is COCC(Oc1ccccc1F)C(=O)NN. The second-order valence-electron chi connectivity index (χ2n) is 3.00. The molecule has 16 heavy (non-hydrogen) atoms. The highest BCUT2D eigenvalue weighted by atomic mass is 19.1. The van der Waals surface area contributed by atoms with Crippen molar-refractivity contribution in [1.29, 1.82) is 0 Å². The fourth-order valence-corrected chi connectivity index (χ4v) is 1.10. The summed E-state index contributed by atoms with van der Waals surface area (Å²) in [6.45, 7) is -0.0165. The Balaban J connectivity index is 2.75. The third kappa shape index (κ3) is 3.18. The fourth-order valence-electron chi connectivity index (χ4n) is 1.10. The van der Waals surface area contributed by atoms with Gasteiger partial charge in [-0.2, -0.15) is 0 Å². The van der Waals surface area contributed by atoms with E-state index in [2.05, 4.69) is 0 Å². The first-order valence-corrected chi connectivity index (χ1v) is 4.59. The number of methoxy groups -OCH3 is 1. The van der Waals surface area contributed by atoms with Gasteiger partial charge in [0.2, 0.25) is 6.10 Å². The second-order valence-corrected chi connectivity index (χ2v) is 3.00. The molecule has 0 fully saturated rings. The van der Waals surface area contributed by atoms with Crippen molar-refractivity contribution in [2.45, 2.75) is 6.10 Å². The molecule has 0 bridgehead atoms. The molecule has 1 unspecified atom stereocenters. The molecule has 5 nitrogen and oxygen atoms in total. The third-order valence-corrected chi connectivity index (χ3v) is 1.86. The Bertz CT molecular complexity index is 360. The van der Waals surface area contributed by atoms with Crippen LogP contribution in [0.5, 0.6) is 5.75 Å². The van der Waals surface area contributed by atoms with E-state index in [1.807, 2.05) is 5.43 Å². The molecule has 1 atom stereocenters. The van der Waals surface area contributed by atoms with E-state index in [9.17, 15) is 9.18 Å². The lowest BCUT2D eigenvalue weighted by atomic mass is 10.3. The van der Waals surface area contributed by atoms with Crippen LogP contribution in [0.1, 0.15) is 0 Å². The molecule has 6 heteroatoms. The number of rotatable bonds is 5. The van der Waals surface area contributed by atoms with Gasteiger partial charge in [0.15, 0.2) is 11.6 Å². The van der Waals surface area contributed by atoms with Gasteiger partial charge in [0, 0.05) is 7.11 Å². The Morgan fingerprint density at radius 3 is 2.81 bits per heavy atom. The lowest BCUT2D eigenvalue weighted by molar-refractivity contribution is -0.130. The van der Waals surface area contributed by atoms with Gasteiger partial charge in [0.1, 0.15) is 0 Å². The summed E-state index contributed by atoms with van der Waals surface area (Å²) in [4.78, 5) is 11.3. The molecule has 0 aromatic heterocycles. The van der Waals surface area contributed by atoms with E-state index in [-0.39, 0.29) is 12.4 Å². The van der Waals surface area contributed by atoms with Crippen LogP contribution in [-0.4, -0.2) is 25.7 Å². The summed E-state index contributed by atoms with van der Waals surface area (Å²) < 4.78 is 23.2. The van der Waals surface area contributed by atoms with E-state index in [1.165, 1.54) is 25.3 Å². The highest BCUT2D eigenvalue weighted by molar-refractivity contribution is 5.80. The van der Waals surface area contributed by atoms with E-state index in [0.717, 1.165) is 0 Å². The summed E-state index contributed by atoms with van der Waals surface area (Å²) in [5.41, 5.74) is 1.92. The number of ether oxygens (including phenoxy) is 2. The third-order valence-electron chi connectivity index (χ3n) is 1.86. The van der Waals surface area contributed by atoms with Gasteiger partial charge in [0.05, 0.1) is 6.61 Å². The maximum Gasteiger partial charge on any atom is 0.277 e.